The van der Waals surface area contributed by atoms with Crippen molar-refractivity contribution in [3.05, 3.63) is 237 Å². The van der Waals surface area contributed by atoms with Crippen molar-refractivity contribution in [2.45, 2.75) is 0 Å². The van der Waals surface area contributed by atoms with Gasteiger partial charge in [0.25, 0.3) is 0 Å². The molecule has 0 aliphatic carbocycles. The minimum absolute atomic E-state index is 0.854. The first-order chi connectivity index (χ1) is 30.7. The van der Waals surface area contributed by atoms with Crippen LogP contribution in [0.4, 0.5) is 17.1 Å². The van der Waals surface area contributed by atoms with Gasteiger partial charge >= 0.3 is 0 Å². The molecule has 12 aromatic rings. The highest BCUT2D eigenvalue weighted by Crippen LogP contribution is 2.48. The Morgan fingerprint density at radius 2 is 0.839 bits per heavy atom. The van der Waals surface area contributed by atoms with Gasteiger partial charge in [-0.1, -0.05) is 200 Å². The van der Waals surface area contributed by atoms with Crippen LogP contribution in [0.3, 0.4) is 0 Å². The van der Waals surface area contributed by atoms with E-state index in [9.17, 15) is 0 Å². The minimum Gasteiger partial charge on any atom is -0.455 e. The van der Waals surface area contributed by atoms with Crippen molar-refractivity contribution >= 4 is 71.3 Å². The Hall–Kier alpha value is -8.20. The minimum atomic E-state index is 0.854. The third-order valence-electron chi connectivity index (χ3n) is 12.5. The number of anilines is 3. The maximum absolute atomic E-state index is 6.81. The zero-order valence-electron chi connectivity index (χ0n) is 33.9. The molecule has 290 valence electrons. The molecule has 0 unspecified atom stereocenters. The molecule has 0 spiro atoms. The zero-order valence-corrected chi connectivity index (χ0v) is 33.9. The Morgan fingerprint density at radius 3 is 1.56 bits per heavy atom. The van der Waals surface area contributed by atoms with E-state index in [0.29, 0.717) is 0 Å². The average Bonchev–Trinajstić information content (AvgIpc) is 3.75. The van der Waals surface area contributed by atoms with Crippen LogP contribution in [-0.2, 0) is 0 Å². The second-order valence-electron chi connectivity index (χ2n) is 16.0. The van der Waals surface area contributed by atoms with Gasteiger partial charge in [-0.2, -0.15) is 0 Å². The Labute approximate surface area is 360 Å². The molecule has 0 saturated carbocycles. The molecule has 0 atom stereocenters. The molecule has 0 N–H and O–H groups in total. The third kappa shape index (κ3) is 6.04. The summed E-state index contributed by atoms with van der Waals surface area (Å²) in [7, 11) is 0. The molecular formula is C60H39NO. The molecule has 11 aromatic carbocycles. The normalized spacial score (nSPS) is 11.5. The van der Waals surface area contributed by atoms with Crippen LogP contribution in [0.1, 0.15) is 0 Å². The summed E-state index contributed by atoms with van der Waals surface area (Å²) >= 11 is 0. The molecule has 0 aliphatic rings. The van der Waals surface area contributed by atoms with Crippen molar-refractivity contribution < 1.29 is 4.42 Å². The summed E-state index contributed by atoms with van der Waals surface area (Å²) in [6.07, 6.45) is 0. The van der Waals surface area contributed by atoms with Gasteiger partial charge in [0.1, 0.15) is 11.2 Å². The monoisotopic (exact) mass is 789 g/mol. The summed E-state index contributed by atoms with van der Waals surface area (Å²) in [5.74, 6) is 0. The van der Waals surface area contributed by atoms with Crippen molar-refractivity contribution in [1.82, 2.24) is 0 Å². The summed E-state index contributed by atoms with van der Waals surface area (Å²) in [4.78, 5) is 2.45. The smallest absolute Gasteiger partial charge is 0.143 e. The van der Waals surface area contributed by atoms with E-state index in [2.05, 4.69) is 241 Å². The second kappa shape index (κ2) is 14.8. The number of rotatable bonds is 7. The predicted octanol–water partition coefficient (Wildman–Crippen LogP) is 17.2. The Morgan fingerprint density at radius 1 is 0.290 bits per heavy atom. The number of benzene rings is 11. The number of hydrogen-bond donors (Lipinski definition) is 0. The number of furan rings is 1. The van der Waals surface area contributed by atoms with Crippen LogP contribution in [0.2, 0.25) is 0 Å². The lowest BCUT2D eigenvalue weighted by atomic mass is 9.92. The molecule has 0 fully saturated rings. The van der Waals surface area contributed by atoms with E-state index in [1.165, 1.54) is 43.8 Å². The van der Waals surface area contributed by atoms with E-state index in [-0.39, 0.29) is 0 Å². The molecule has 2 nitrogen and oxygen atoms in total. The van der Waals surface area contributed by atoms with Gasteiger partial charge in [0.2, 0.25) is 0 Å². The van der Waals surface area contributed by atoms with Gasteiger partial charge in [0.05, 0.1) is 16.8 Å². The van der Waals surface area contributed by atoms with E-state index < -0.39 is 0 Å². The van der Waals surface area contributed by atoms with Crippen LogP contribution in [0.25, 0.3) is 98.8 Å². The molecule has 0 aliphatic heterocycles. The summed E-state index contributed by atoms with van der Waals surface area (Å²) in [5.41, 5.74) is 14.3. The number of hydrogen-bond acceptors (Lipinski definition) is 2. The van der Waals surface area contributed by atoms with Gasteiger partial charge < -0.3 is 9.32 Å². The van der Waals surface area contributed by atoms with Crippen LogP contribution in [0, 0.1) is 0 Å². The predicted molar refractivity (Wildman–Crippen MR) is 263 cm³/mol. The Bertz CT molecular complexity index is 3610. The zero-order chi connectivity index (χ0) is 41.0. The molecule has 2 heteroatoms. The van der Waals surface area contributed by atoms with Crippen molar-refractivity contribution in [2.24, 2.45) is 0 Å². The van der Waals surface area contributed by atoms with Crippen molar-refractivity contribution in [3.63, 3.8) is 0 Å². The van der Waals surface area contributed by atoms with E-state index in [1.807, 2.05) is 0 Å². The highest BCUT2D eigenvalue weighted by molar-refractivity contribution is 6.20. The number of fused-ring (bicyclic) bond motifs is 8. The molecule has 0 radical (unpaired) electrons. The van der Waals surface area contributed by atoms with Crippen LogP contribution in [-0.4, -0.2) is 0 Å². The lowest BCUT2D eigenvalue weighted by Crippen LogP contribution is -2.12. The van der Waals surface area contributed by atoms with Gasteiger partial charge in [0.15, 0.2) is 0 Å². The van der Waals surface area contributed by atoms with Gasteiger partial charge in [0, 0.05) is 22.0 Å². The summed E-state index contributed by atoms with van der Waals surface area (Å²) in [6.45, 7) is 0. The molecule has 1 aromatic heterocycles. The van der Waals surface area contributed by atoms with Crippen LogP contribution >= 0.6 is 0 Å². The molecule has 1 heterocycles. The maximum Gasteiger partial charge on any atom is 0.143 e. The third-order valence-corrected chi connectivity index (χ3v) is 12.5. The van der Waals surface area contributed by atoms with E-state index in [0.717, 1.165) is 72.0 Å². The fraction of sp³-hybridized carbons (Fsp3) is 0. The van der Waals surface area contributed by atoms with Crippen LogP contribution < -0.4 is 4.90 Å². The Kier molecular flexibility index (Phi) is 8.53. The first-order valence-electron chi connectivity index (χ1n) is 21.2. The van der Waals surface area contributed by atoms with E-state index in [4.69, 9.17) is 4.42 Å². The van der Waals surface area contributed by atoms with Crippen molar-refractivity contribution in [1.29, 1.82) is 0 Å². The largest absolute Gasteiger partial charge is 0.455 e. The van der Waals surface area contributed by atoms with Crippen molar-refractivity contribution in [2.75, 3.05) is 4.90 Å². The van der Waals surface area contributed by atoms with Gasteiger partial charge in [-0.15, -0.1) is 0 Å². The molecule has 0 saturated heterocycles. The molecule has 0 bridgehead atoms. The SMILES string of the molecule is c1ccc(-c2ccc(-c3ccc(N(c4cc(-c5cccc6c5ccc5ccccc56)ccc4-c4ccccc4)c4cccc5oc6c7ccccc7ccc6c45)cc3)cc2)cc1. The Balaban J connectivity index is 1.09. The second-order valence-corrected chi connectivity index (χ2v) is 16.0. The summed E-state index contributed by atoms with van der Waals surface area (Å²) < 4.78 is 6.81. The lowest BCUT2D eigenvalue weighted by molar-refractivity contribution is 0.672. The maximum atomic E-state index is 6.81. The van der Waals surface area contributed by atoms with Gasteiger partial charge in [-0.3, -0.25) is 0 Å². The lowest BCUT2D eigenvalue weighted by Gasteiger charge is -2.29. The van der Waals surface area contributed by atoms with Crippen LogP contribution in [0.5, 0.6) is 0 Å². The molecule has 12 rings (SSSR count). The van der Waals surface area contributed by atoms with E-state index >= 15 is 0 Å². The standard InChI is InChI=1S/C60H39NO/c1-3-13-40(14-4-1)41-25-27-42(28-26-41)43-29-34-48(35-30-43)61(56-23-12-24-58-59(56)55-38-32-46-18-8-10-20-52(46)60(55)62-58)57-39-47(33-36-51(57)44-15-5-2-6-16-44)50-21-11-22-53-49-19-9-7-17-45(49)31-37-54(50)53/h1-39H. The summed E-state index contributed by atoms with van der Waals surface area (Å²) in [6, 6.07) is 85.5. The number of nitrogens with zero attached hydrogens (tertiary/aromatic N) is 1. The first-order valence-corrected chi connectivity index (χ1v) is 21.2. The first kappa shape index (κ1) is 35.7. The highest BCUT2D eigenvalue weighted by atomic mass is 16.3. The van der Waals surface area contributed by atoms with Crippen molar-refractivity contribution in [3.8, 4) is 44.5 Å². The molecular weight excluding hydrogens is 751 g/mol. The average molecular weight is 790 g/mol. The van der Waals surface area contributed by atoms with E-state index in [1.54, 1.807) is 0 Å². The molecule has 0 amide bonds. The fourth-order valence-corrected chi connectivity index (χ4v) is 9.46. The fourth-order valence-electron chi connectivity index (χ4n) is 9.46. The van der Waals surface area contributed by atoms with Crippen LogP contribution in [0.15, 0.2) is 241 Å². The quantitative estimate of drug-likeness (QED) is 0.150. The summed E-state index contributed by atoms with van der Waals surface area (Å²) in [5, 5.41) is 9.42. The topological polar surface area (TPSA) is 16.4 Å². The van der Waals surface area contributed by atoms with Gasteiger partial charge in [-0.25, -0.2) is 0 Å². The highest BCUT2D eigenvalue weighted by Gasteiger charge is 2.24. The molecule has 62 heavy (non-hydrogen) atoms. The van der Waals surface area contributed by atoms with Gasteiger partial charge in [-0.05, 0) is 102 Å².